The summed E-state index contributed by atoms with van der Waals surface area (Å²) < 4.78 is 5.53. The van der Waals surface area contributed by atoms with Gasteiger partial charge in [-0.15, -0.1) is 0 Å². The first-order valence-electron chi connectivity index (χ1n) is 12.0. The molecule has 0 amide bonds. The SMILES string of the molecule is CCC(C)c1ccc(COC(=O)CCCc2ccc3ccc4cccc5ccc2c3c45)cc1. The summed E-state index contributed by atoms with van der Waals surface area (Å²) in [5.74, 6) is 0.431. The van der Waals surface area contributed by atoms with Crippen LogP contribution in [0.1, 0.15) is 55.7 Å². The number of aryl methyl sites for hydroxylation is 1. The molecular weight excluding hydrogens is 404 g/mol. The molecule has 1 atom stereocenters. The fraction of sp³-hybridized carbons (Fsp3) is 0.258. The number of hydrogen-bond donors (Lipinski definition) is 0. The second-order valence-corrected chi connectivity index (χ2v) is 9.15. The lowest BCUT2D eigenvalue weighted by atomic mass is 9.90. The van der Waals surface area contributed by atoms with E-state index in [1.807, 2.05) is 0 Å². The minimum atomic E-state index is -0.126. The molecule has 5 aromatic rings. The molecule has 33 heavy (non-hydrogen) atoms. The smallest absolute Gasteiger partial charge is 0.306 e. The van der Waals surface area contributed by atoms with E-state index < -0.39 is 0 Å². The van der Waals surface area contributed by atoms with Gasteiger partial charge in [-0.1, -0.05) is 92.7 Å². The van der Waals surface area contributed by atoms with Crippen molar-refractivity contribution < 1.29 is 9.53 Å². The maximum absolute atomic E-state index is 12.3. The van der Waals surface area contributed by atoms with Crippen molar-refractivity contribution in [1.82, 2.24) is 0 Å². The highest BCUT2D eigenvalue weighted by atomic mass is 16.5. The van der Waals surface area contributed by atoms with E-state index in [0.29, 0.717) is 18.9 Å². The average Bonchev–Trinajstić information content (AvgIpc) is 2.86. The van der Waals surface area contributed by atoms with E-state index in [9.17, 15) is 4.79 Å². The van der Waals surface area contributed by atoms with Crippen LogP contribution < -0.4 is 0 Å². The highest BCUT2D eigenvalue weighted by Crippen LogP contribution is 2.36. The van der Waals surface area contributed by atoms with Crippen LogP contribution >= 0.6 is 0 Å². The third-order valence-corrected chi connectivity index (χ3v) is 7.01. The Morgan fingerprint density at radius 3 is 2.21 bits per heavy atom. The molecule has 2 nitrogen and oxygen atoms in total. The van der Waals surface area contributed by atoms with E-state index in [4.69, 9.17) is 4.74 Å². The van der Waals surface area contributed by atoms with Gasteiger partial charge in [0.1, 0.15) is 6.61 Å². The zero-order chi connectivity index (χ0) is 22.8. The summed E-state index contributed by atoms with van der Waals surface area (Å²) in [6.07, 6.45) is 3.22. The average molecular weight is 435 g/mol. The Morgan fingerprint density at radius 1 is 0.818 bits per heavy atom. The molecule has 0 N–H and O–H groups in total. The van der Waals surface area contributed by atoms with Crippen molar-refractivity contribution in [3.63, 3.8) is 0 Å². The second-order valence-electron chi connectivity index (χ2n) is 9.15. The molecule has 0 heterocycles. The summed E-state index contributed by atoms with van der Waals surface area (Å²) in [6, 6.07) is 28.2. The van der Waals surface area contributed by atoms with Gasteiger partial charge in [-0.2, -0.15) is 0 Å². The Labute approximate surface area is 195 Å². The highest BCUT2D eigenvalue weighted by molar-refractivity contribution is 6.23. The quantitative estimate of drug-likeness (QED) is 0.182. The third-order valence-electron chi connectivity index (χ3n) is 7.01. The van der Waals surface area contributed by atoms with Crippen LogP contribution in [0.4, 0.5) is 0 Å². The van der Waals surface area contributed by atoms with Crippen molar-refractivity contribution in [2.75, 3.05) is 0 Å². The first-order chi connectivity index (χ1) is 16.1. The number of carbonyl (C=O) groups excluding carboxylic acids is 1. The van der Waals surface area contributed by atoms with Gasteiger partial charge in [0.15, 0.2) is 0 Å². The molecule has 5 aromatic carbocycles. The molecule has 0 saturated heterocycles. The fourth-order valence-electron chi connectivity index (χ4n) is 4.85. The van der Waals surface area contributed by atoms with E-state index in [2.05, 4.69) is 92.7 Å². The normalized spacial score (nSPS) is 12.5. The van der Waals surface area contributed by atoms with Crippen molar-refractivity contribution >= 4 is 38.3 Å². The molecule has 0 aromatic heterocycles. The molecule has 0 aliphatic carbocycles. The molecule has 166 valence electrons. The number of carbonyl (C=O) groups is 1. The second kappa shape index (κ2) is 9.23. The maximum Gasteiger partial charge on any atom is 0.306 e. The van der Waals surface area contributed by atoms with Gasteiger partial charge in [0.2, 0.25) is 0 Å². The number of rotatable bonds is 8. The van der Waals surface area contributed by atoms with Gasteiger partial charge in [-0.3, -0.25) is 4.79 Å². The van der Waals surface area contributed by atoms with Crippen LogP contribution in [0, 0.1) is 0 Å². The number of ether oxygens (including phenoxy) is 1. The Balaban J connectivity index is 1.22. The van der Waals surface area contributed by atoms with E-state index in [0.717, 1.165) is 24.8 Å². The molecule has 0 bridgehead atoms. The van der Waals surface area contributed by atoms with Gasteiger partial charge < -0.3 is 4.74 Å². The van der Waals surface area contributed by atoms with Gasteiger partial charge in [-0.05, 0) is 74.2 Å². The van der Waals surface area contributed by atoms with Gasteiger partial charge >= 0.3 is 5.97 Å². The Morgan fingerprint density at radius 2 is 1.48 bits per heavy atom. The molecule has 0 saturated carbocycles. The first-order valence-corrected chi connectivity index (χ1v) is 12.0. The summed E-state index contributed by atoms with van der Waals surface area (Å²) in [7, 11) is 0. The molecule has 1 unspecified atom stereocenters. The van der Waals surface area contributed by atoms with Crippen molar-refractivity contribution in [1.29, 1.82) is 0 Å². The number of benzene rings is 5. The third kappa shape index (κ3) is 4.30. The molecule has 2 heteroatoms. The van der Waals surface area contributed by atoms with Crippen molar-refractivity contribution in [2.24, 2.45) is 0 Å². The summed E-state index contributed by atoms with van der Waals surface area (Å²) >= 11 is 0. The van der Waals surface area contributed by atoms with Crippen molar-refractivity contribution in [3.8, 4) is 0 Å². The van der Waals surface area contributed by atoms with Crippen LogP contribution in [0.2, 0.25) is 0 Å². The number of esters is 1. The summed E-state index contributed by atoms with van der Waals surface area (Å²) in [4.78, 5) is 12.3. The first kappa shape index (κ1) is 21.5. The van der Waals surface area contributed by atoms with E-state index in [1.54, 1.807) is 0 Å². The predicted molar refractivity (Wildman–Crippen MR) is 138 cm³/mol. The van der Waals surface area contributed by atoms with Crippen LogP contribution in [0.25, 0.3) is 32.3 Å². The fourth-order valence-corrected chi connectivity index (χ4v) is 4.85. The van der Waals surface area contributed by atoms with Gasteiger partial charge in [-0.25, -0.2) is 0 Å². The summed E-state index contributed by atoms with van der Waals surface area (Å²) in [6.45, 7) is 4.78. The minimum Gasteiger partial charge on any atom is -0.461 e. The monoisotopic (exact) mass is 434 g/mol. The zero-order valence-electron chi connectivity index (χ0n) is 19.4. The van der Waals surface area contributed by atoms with Gasteiger partial charge in [0.05, 0.1) is 0 Å². The van der Waals surface area contributed by atoms with E-state index in [1.165, 1.54) is 43.4 Å². The standard InChI is InChI=1S/C31H30O2/c1-3-21(2)23-12-10-22(11-13-23)20-33-29(32)9-5-6-24-14-15-27-17-16-25-7-4-8-26-18-19-28(24)31(27)30(25)26/h4,7-8,10-19,21H,3,5-6,9,20H2,1-2H3. The van der Waals surface area contributed by atoms with Crippen LogP contribution in [-0.4, -0.2) is 5.97 Å². The van der Waals surface area contributed by atoms with Crippen LogP contribution in [0.3, 0.4) is 0 Å². The van der Waals surface area contributed by atoms with Crippen LogP contribution in [0.15, 0.2) is 78.9 Å². The highest BCUT2D eigenvalue weighted by Gasteiger charge is 2.11. The maximum atomic E-state index is 12.3. The van der Waals surface area contributed by atoms with E-state index in [-0.39, 0.29) is 5.97 Å². The van der Waals surface area contributed by atoms with Crippen molar-refractivity contribution in [2.45, 2.75) is 52.1 Å². The summed E-state index contributed by atoms with van der Waals surface area (Å²) in [5.41, 5.74) is 3.68. The molecule has 0 aliphatic rings. The Kier molecular flexibility index (Phi) is 6.00. The Hall–Kier alpha value is -3.39. The largest absolute Gasteiger partial charge is 0.461 e. The lowest BCUT2D eigenvalue weighted by Crippen LogP contribution is -2.05. The van der Waals surface area contributed by atoms with Crippen LogP contribution in [0.5, 0.6) is 0 Å². The molecule has 0 radical (unpaired) electrons. The molecule has 0 spiro atoms. The molecular formula is C31H30O2. The number of hydrogen-bond acceptors (Lipinski definition) is 2. The van der Waals surface area contributed by atoms with E-state index >= 15 is 0 Å². The van der Waals surface area contributed by atoms with Crippen LogP contribution in [-0.2, 0) is 22.6 Å². The lowest BCUT2D eigenvalue weighted by Gasteiger charge is -2.14. The predicted octanol–water partition coefficient (Wildman–Crippen LogP) is 8.16. The summed E-state index contributed by atoms with van der Waals surface area (Å²) in [5, 5.41) is 7.81. The molecule has 5 rings (SSSR count). The topological polar surface area (TPSA) is 26.3 Å². The Bertz CT molecular complexity index is 1380. The van der Waals surface area contributed by atoms with Gasteiger partial charge in [0.25, 0.3) is 0 Å². The minimum absolute atomic E-state index is 0.126. The zero-order valence-corrected chi connectivity index (χ0v) is 19.4. The van der Waals surface area contributed by atoms with Crippen molar-refractivity contribution in [3.05, 3.63) is 95.6 Å². The molecule has 0 aliphatic heterocycles. The van der Waals surface area contributed by atoms with Gasteiger partial charge in [0, 0.05) is 6.42 Å². The molecule has 0 fully saturated rings. The lowest BCUT2D eigenvalue weighted by molar-refractivity contribution is -0.145.